The summed E-state index contributed by atoms with van der Waals surface area (Å²) in [4.78, 5) is 10.9. The molecule has 2 atom stereocenters. The van der Waals surface area contributed by atoms with E-state index in [4.69, 9.17) is 14.2 Å². The van der Waals surface area contributed by atoms with Crippen molar-refractivity contribution in [2.24, 2.45) is 0 Å². The molecule has 1 heterocycles. The molecule has 0 N–H and O–H groups in total. The van der Waals surface area contributed by atoms with Crippen LogP contribution in [-0.4, -0.2) is 24.7 Å². The van der Waals surface area contributed by atoms with Crippen LogP contribution in [0.5, 0.6) is 0 Å². The van der Waals surface area contributed by atoms with Crippen molar-refractivity contribution in [1.82, 2.24) is 0 Å². The number of cyclic esters (lactones) is 2. The lowest BCUT2D eigenvalue weighted by atomic mass is 10.1. The third-order valence-electron chi connectivity index (χ3n) is 2.95. The highest BCUT2D eigenvalue weighted by Gasteiger charge is 2.46. The molecule has 4 heteroatoms. The molecule has 0 radical (unpaired) electrons. The third kappa shape index (κ3) is 2.98. The zero-order valence-electron chi connectivity index (χ0n) is 10.4. The van der Waals surface area contributed by atoms with E-state index < -0.39 is 11.9 Å². The highest BCUT2D eigenvalue weighted by Crippen LogP contribution is 2.27. The van der Waals surface area contributed by atoms with Crippen LogP contribution in [0, 0.1) is 0 Å². The number of ether oxygens (including phenoxy) is 3. The molecule has 4 nitrogen and oxygen atoms in total. The van der Waals surface area contributed by atoms with Gasteiger partial charge in [0.25, 0.3) is 5.79 Å². The van der Waals surface area contributed by atoms with Gasteiger partial charge in [0.2, 0.25) is 0 Å². The van der Waals surface area contributed by atoms with Gasteiger partial charge in [-0.15, -0.1) is 0 Å². The molecule has 1 aliphatic heterocycles. The van der Waals surface area contributed by atoms with E-state index in [0.717, 1.165) is 12.8 Å². The lowest BCUT2D eigenvalue weighted by Gasteiger charge is -2.23. The molecule has 1 aliphatic rings. The maximum absolute atomic E-state index is 10.9. The minimum atomic E-state index is -0.958. The monoisotopic (exact) mass is 228 g/mol. The maximum atomic E-state index is 10.9. The lowest BCUT2D eigenvalue weighted by molar-refractivity contribution is -0.179. The number of carbonyl (C=O) groups is 1. The van der Waals surface area contributed by atoms with Crippen LogP contribution in [-0.2, 0) is 14.2 Å². The molecular weight excluding hydrogens is 208 g/mol. The molecular formula is C12H20O4. The fourth-order valence-corrected chi connectivity index (χ4v) is 1.53. The second kappa shape index (κ2) is 5.34. The first-order valence-electron chi connectivity index (χ1n) is 5.73. The van der Waals surface area contributed by atoms with Crippen LogP contribution in [0.25, 0.3) is 0 Å². The Balaban J connectivity index is 2.48. The smallest absolute Gasteiger partial charge is 0.424 e. The van der Waals surface area contributed by atoms with Crippen LogP contribution < -0.4 is 0 Å². The zero-order chi connectivity index (χ0) is 12.2. The van der Waals surface area contributed by atoms with Crippen molar-refractivity contribution in [2.75, 3.05) is 6.61 Å². The Kier molecular flexibility index (Phi) is 4.35. The topological polar surface area (TPSA) is 44.8 Å². The van der Waals surface area contributed by atoms with Gasteiger partial charge in [0.05, 0.1) is 6.61 Å². The van der Waals surface area contributed by atoms with Crippen LogP contribution in [0.15, 0.2) is 11.6 Å². The van der Waals surface area contributed by atoms with E-state index in [1.54, 1.807) is 13.8 Å². The number of carbonyl (C=O) groups excluding carboxylic acids is 1. The average molecular weight is 228 g/mol. The third-order valence-corrected chi connectivity index (χ3v) is 2.95. The number of allylic oxidation sites excluding steroid dienone is 1. The molecule has 0 aromatic rings. The molecule has 2 unspecified atom stereocenters. The van der Waals surface area contributed by atoms with Crippen molar-refractivity contribution in [3.8, 4) is 0 Å². The Morgan fingerprint density at radius 1 is 1.50 bits per heavy atom. The van der Waals surface area contributed by atoms with Gasteiger partial charge in [0.1, 0.15) is 0 Å². The highest BCUT2D eigenvalue weighted by atomic mass is 16.9. The van der Waals surface area contributed by atoms with Gasteiger partial charge in [0.15, 0.2) is 6.10 Å². The summed E-state index contributed by atoms with van der Waals surface area (Å²) < 4.78 is 15.4. The zero-order valence-corrected chi connectivity index (χ0v) is 10.4. The van der Waals surface area contributed by atoms with Crippen LogP contribution in [0.4, 0.5) is 4.79 Å². The van der Waals surface area contributed by atoms with E-state index in [1.807, 2.05) is 6.08 Å². The minimum Gasteiger partial charge on any atom is -0.424 e. The van der Waals surface area contributed by atoms with Crippen molar-refractivity contribution in [2.45, 2.75) is 52.4 Å². The molecule has 0 aliphatic carbocycles. The quantitative estimate of drug-likeness (QED) is 0.536. The number of rotatable bonds is 5. The fourth-order valence-electron chi connectivity index (χ4n) is 1.53. The molecule has 0 aromatic heterocycles. The van der Waals surface area contributed by atoms with Gasteiger partial charge >= 0.3 is 6.16 Å². The predicted octanol–water partition coefficient (Wildman–Crippen LogP) is 3.02. The summed E-state index contributed by atoms with van der Waals surface area (Å²) in [5.74, 6) is -0.958. The molecule has 0 amide bonds. The van der Waals surface area contributed by atoms with E-state index in [0.29, 0.717) is 6.61 Å². The Labute approximate surface area is 96.6 Å². The Bertz CT molecular complexity index is 279. The molecule has 1 fully saturated rings. The van der Waals surface area contributed by atoms with Gasteiger partial charge in [-0.25, -0.2) is 4.79 Å². The molecule has 92 valence electrons. The van der Waals surface area contributed by atoms with Crippen molar-refractivity contribution < 1.29 is 19.0 Å². The van der Waals surface area contributed by atoms with E-state index in [1.165, 1.54) is 5.57 Å². The van der Waals surface area contributed by atoms with Gasteiger partial charge in [0, 0.05) is 6.92 Å². The van der Waals surface area contributed by atoms with Gasteiger partial charge in [-0.3, -0.25) is 0 Å². The van der Waals surface area contributed by atoms with Gasteiger partial charge < -0.3 is 14.2 Å². The van der Waals surface area contributed by atoms with Crippen LogP contribution in [0.1, 0.15) is 40.5 Å². The highest BCUT2D eigenvalue weighted by molar-refractivity contribution is 5.62. The Morgan fingerprint density at radius 2 is 2.12 bits per heavy atom. The fraction of sp³-hybridized carbons (Fsp3) is 0.750. The molecule has 1 rings (SSSR count). The Morgan fingerprint density at radius 3 is 2.56 bits per heavy atom. The average Bonchev–Trinajstić information content (AvgIpc) is 2.48. The summed E-state index contributed by atoms with van der Waals surface area (Å²) in [5.41, 5.74) is 1.33. The summed E-state index contributed by atoms with van der Waals surface area (Å²) in [7, 11) is 0. The number of hydrogen-bond acceptors (Lipinski definition) is 4. The van der Waals surface area contributed by atoms with Gasteiger partial charge in [-0.1, -0.05) is 25.5 Å². The van der Waals surface area contributed by atoms with Crippen LogP contribution in [0.3, 0.4) is 0 Å². The molecule has 0 saturated carbocycles. The second-order valence-corrected chi connectivity index (χ2v) is 4.01. The van der Waals surface area contributed by atoms with E-state index in [9.17, 15) is 4.79 Å². The first kappa shape index (κ1) is 13.0. The summed E-state index contributed by atoms with van der Waals surface area (Å²) >= 11 is 0. The normalized spacial score (nSPS) is 28.5. The molecule has 1 saturated heterocycles. The summed E-state index contributed by atoms with van der Waals surface area (Å²) in [5, 5.41) is 0. The molecule has 16 heavy (non-hydrogen) atoms. The van der Waals surface area contributed by atoms with Gasteiger partial charge in [-0.05, 0) is 19.8 Å². The predicted molar refractivity (Wildman–Crippen MR) is 60.1 cm³/mol. The summed E-state index contributed by atoms with van der Waals surface area (Å²) in [6.07, 6.45) is 3.03. The molecule has 0 spiro atoms. The maximum Gasteiger partial charge on any atom is 0.511 e. The van der Waals surface area contributed by atoms with Crippen LogP contribution >= 0.6 is 0 Å². The van der Waals surface area contributed by atoms with Crippen molar-refractivity contribution in [3.05, 3.63) is 11.6 Å². The van der Waals surface area contributed by atoms with E-state index >= 15 is 0 Å². The lowest BCUT2D eigenvalue weighted by Crippen LogP contribution is -2.37. The standard InChI is InChI=1S/C12H20O4/c1-5-10(6-2)7-8-14-12(4)9(3)15-11(13)16-12/h7,9H,5-6,8H2,1-4H3. The first-order valence-corrected chi connectivity index (χ1v) is 5.73. The second-order valence-electron chi connectivity index (χ2n) is 4.01. The van der Waals surface area contributed by atoms with E-state index in [-0.39, 0.29) is 6.10 Å². The van der Waals surface area contributed by atoms with Crippen molar-refractivity contribution in [3.63, 3.8) is 0 Å². The SMILES string of the molecule is CCC(=CCOC1(C)OC(=O)OC1C)CC. The first-order chi connectivity index (χ1) is 7.51. The number of hydrogen-bond donors (Lipinski definition) is 0. The molecule has 0 aromatic carbocycles. The largest absolute Gasteiger partial charge is 0.511 e. The minimum absolute atomic E-state index is 0.375. The van der Waals surface area contributed by atoms with Gasteiger partial charge in [-0.2, -0.15) is 0 Å². The Hall–Kier alpha value is -1.03. The summed E-state index contributed by atoms with van der Waals surface area (Å²) in [6.45, 7) is 8.13. The van der Waals surface area contributed by atoms with Crippen molar-refractivity contribution >= 4 is 6.16 Å². The summed E-state index contributed by atoms with van der Waals surface area (Å²) in [6, 6.07) is 0. The van der Waals surface area contributed by atoms with Crippen molar-refractivity contribution in [1.29, 1.82) is 0 Å². The van der Waals surface area contributed by atoms with E-state index in [2.05, 4.69) is 13.8 Å². The molecule has 0 bridgehead atoms. The van der Waals surface area contributed by atoms with Crippen LogP contribution in [0.2, 0.25) is 0 Å².